The van der Waals surface area contributed by atoms with Crippen LogP contribution in [0.2, 0.25) is 0 Å². The normalized spacial score (nSPS) is 19.7. The Morgan fingerprint density at radius 1 is 1.43 bits per heavy atom. The Balaban J connectivity index is 1.84. The van der Waals surface area contributed by atoms with E-state index in [1.807, 2.05) is 18.2 Å². The number of anilines is 1. The summed E-state index contributed by atoms with van der Waals surface area (Å²) in [6.07, 6.45) is 5.72. The first-order valence-corrected chi connectivity index (χ1v) is 8.79. The minimum Gasteiger partial charge on any atom is -0.368 e. The molecule has 2 rings (SSSR count). The zero-order valence-corrected chi connectivity index (χ0v) is 15.0. The fourth-order valence-corrected chi connectivity index (χ4v) is 3.60. The number of carbonyl (C=O) groups excluding carboxylic acids is 1. The molecule has 128 valence electrons. The van der Waals surface area contributed by atoms with Crippen LogP contribution < -0.4 is 5.32 Å². The molecule has 2 heterocycles. The lowest BCUT2D eigenvalue weighted by molar-refractivity contribution is -0.132. The van der Waals surface area contributed by atoms with Crippen LogP contribution in [0.25, 0.3) is 0 Å². The SMILES string of the molecule is CC(CC(=O)N1CCCC1CNc1ccccn1)CC(C)(C)C. The van der Waals surface area contributed by atoms with Crippen LogP contribution in [0.5, 0.6) is 0 Å². The van der Waals surface area contributed by atoms with E-state index in [-0.39, 0.29) is 5.41 Å². The number of hydrogen-bond acceptors (Lipinski definition) is 3. The molecule has 1 saturated heterocycles. The number of amides is 1. The lowest BCUT2D eigenvalue weighted by atomic mass is 9.84. The minimum absolute atomic E-state index is 0.282. The average Bonchev–Trinajstić information content (AvgIpc) is 2.92. The van der Waals surface area contributed by atoms with Gasteiger partial charge in [0.2, 0.25) is 5.91 Å². The molecule has 1 aromatic rings. The highest BCUT2D eigenvalue weighted by atomic mass is 16.2. The fourth-order valence-electron chi connectivity index (χ4n) is 3.60. The van der Waals surface area contributed by atoms with Gasteiger partial charge in [0.1, 0.15) is 5.82 Å². The number of hydrogen-bond donors (Lipinski definition) is 1. The van der Waals surface area contributed by atoms with Gasteiger partial charge in [-0.3, -0.25) is 4.79 Å². The zero-order chi connectivity index (χ0) is 16.9. The van der Waals surface area contributed by atoms with Gasteiger partial charge in [-0.1, -0.05) is 33.8 Å². The van der Waals surface area contributed by atoms with Gasteiger partial charge in [-0.2, -0.15) is 0 Å². The molecule has 4 nitrogen and oxygen atoms in total. The van der Waals surface area contributed by atoms with Gasteiger partial charge >= 0.3 is 0 Å². The van der Waals surface area contributed by atoms with Gasteiger partial charge in [0.15, 0.2) is 0 Å². The largest absolute Gasteiger partial charge is 0.368 e. The molecular weight excluding hydrogens is 286 g/mol. The number of nitrogens with one attached hydrogen (secondary N) is 1. The highest BCUT2D eigenvalue weighted by Crippen LogP contribution is 2.27. The maximum atomic E-state index is 12.6. The molecule has 1 N–H and O–H groups in total. The van der Waals surface area contributed by atoms with Gasteiger partial charge < -0.3 is 10.2 Å². The number of pyridine rings is 1. The van der Waals surface area contributed by atoms with E-state index in [0.717, 1.165) is 38.2 Å². The van der Waals surface area contributed by atoms with Crippen molar-refractivity contribution in [3.05, 3.63) is 24.4 Å². The van der Waals surface area contributed by atoms with Gasteiger partial charge in [-0.05, 0) is 42.7 Å². The maximum absolute atomic E-state index is 12.6. The predicted molar refractivity (Wildman–Crippen MR) is 95.3 cm³/mol. The first-order valence-electron chi connectivity index (χ1n) is 8.79. The number of rotatable bonds is 6. The quantitative estimate of drug-likeness (QED) is 0.864. The van der Waals surface area contributed by atoms with Crippen LogP contribution in [0.3, 0.4) is 0 Å². The first kappa shape index (κ1) is 17.8. The van der Waals surface area contributed by atoms with Crippen LogP contribution in [-0.2, 0) is 4.79 Å². The molecule has 23 heavy (non-hydrogen) atoms. The van der Waals surface area contributed by atoms with Crippen molar-refractivity contribution in [3.63, 3.8) is 0 Å². The van der Waals surface area contributed by atoms with E-state index >= 15 is 0 Å². The zero-order valence-electron chi connectivity index (χ0n) is 15.0. The van der Waals surface area contributed by atoms with Crippen molar-refractivity contribution in [1.82, 2.24) is 9.88 Å². The molecule has 1 aliphatic heterocycles. The Bertz CT molecular complexity index is 495. The maximum Gasteiger partial charge on any atom is 0.223 e. The molecular formula is C19H31N3O. The molecule has 0 saturated carbocycles. The second kappa shape index (κ2) is 7.80. The van der Waals surface area contributed by atoms with Crippen LogP contribution in [0.15, 0.2) is 24.4 Å². The van der Waals surface area contributed by atoms with Crippen LogP contribution in [0.1, 0.15) is 53.4 Å². The van der Waals surface area contributed by atoms with Gasteiger partial charge in [0.05, 0.1) is 0 Å². The highest BCUT2D eigenvalue weighted by Gasteiger charge is 2.29. The van der Waals surface area contributed by atoms with Crippen LogP contribution >= 0.6 is 0 Å². The minimum atomic E-state index is 0.282. The van der Waals surface area contributed by atoms with Crippen molar-refractivity contribution in [3.8, 4) is 0 Å². The van der Waals surface area contributed by atoms with Gasteiger partial charge in [-0.25, -0.2) is 4.98 Å². The molecule has 1 amide bonds. The van der Waals surface area contributed by atoms with Crippen molar-refractivity contribution < 1.29 is 4.79 Å². The van der Waals surface area contributed by atoms with E-state index in [4.69, 9.17) is 0 Å². The van der Waals surface area contributed by atoms with Crippen LogP contribution in [0, 0.1) is 11.3 Å². The molecule has 2 atom stereocenters. The lowest BCUT2D eigenvalue weighted by Crippen LogP contribution is -2.40. The van der Waals surface area contributed by atoms with Crippen molar-refractivity contribution >= 4 is 11.7 Å². The highest BCUT2D eigenvalue weighted by molar-refractivity contribution is 5.77. The summed E-state index contributed by atoms with van der Waals surface area (Å²) in [6, 6.07) is 6.15. The van der Waals surface area contributed by atoms with Crippen LogP contribution in [-0.4, -0.2) is 34.9 Å². The van der Waals surface area contributed by atoms with E-state index in [1.54, 1.807) is 6.20 Å². The summed E-state index contributed by atoms with van der Waals surface area (Å²) in [6.45, 7) is 10.6. The second-order valence-corrected chi connectivity index (χ2v) is 8.05. The van der Waals surface area contributed by atoms with Crippen molar-refractivity contribution in [2.24, 2.45) is 11.3 Å². The Labute approximate surface area is 140 Å². The van der Waals surface area contributed by atoms with E-state index in [2.05, 4.69) is 42.9 Å². The summed E-state index contributed by atoms with van der Waals surface area (Å²) in [5, 5.41) is 3.36. The molecule has 1 aromatic heterocycles. The average molecular weight is 317 g/mol. The first-order chi connectivity index (χ1) is 10.8. The summed E-state index contributed by atoms with van der Waals surface area (Å²) in [5.74, 6) is 1.63. The standard InChI is InChI=1S/C19H31N3O/c1-15(13-19(2,3)4)12-18(23)22-11-7-8-16(22)14-21-17-9-5-6-10-20-17/h5-6,9-10,15-16H,7-8,11-14H2,1-4H3,(H,20,21). The van der Waals surface area contributed by atoms with E-state index in [0.29, 0.717) is 24.3 Å². The van der Waals surface area contributed by atoms with E-state index in [9.17, 15) is 4.79 Å². The monoisotopic (exact) mass is 317 g/mol. The number of aromatic nitrogens is 1. The molecule has 1 fully saturated rings. The summed E-state index contributed by atoms with van der Waals surface area (Å²) >= 11 is 0. The Morgan fingerprint density at radius 3 is 2.87 bits per heavy atom. The van der Waals surface area contributed by atoms with Crippen LogP contribution in [0.4, 0.5) is 5.82 Å². The summed E-state index contributed by atoms with van der Waals surface area (Å²) in [5.41, 5.74) is 0.282. The lowest BCUT2D eigenvalue weighted by Gasteiger charge is -2.28. The molecule has 1 aliphatic rings. The smallest absolute Gasteiger partial charge is 0.223 e. The predicted octanol–water partition coefficient (Wildman–Crippen LogP) is 3.95. The van der Waals surface area contributed by atoms with Gasteiger partial charge in [0.25, 0.3) is 0 Å². The molecule has 0 aliphatic carbocycles. The molecule has 0 aromatic carbocycles. The van der Waals surface area contributed by atoms with Crippen molar-refractivity contribution in [1.29, 1.82) is 0 Å². The fraction of sp³-hybridized carbons (Fsp3) is 0.684. The third-order valence-electron chi connectivity index (χ3n) is 4.37. The van der Waals surface area contributed by atoms with Gasteiger partial charge in [0, 0.05) is 31.7 Å². The van der Waals surface area contributed by atoms with E-state index in [1.165, 1.54) is 0 Å². The molecule has 0 radical (unpaired) electrons. The molecule has 4 heteroatoms. The second-order valence-electron chi connectivity index (χ2n) is 8.05. The van der Waals surface area contributed by atoms with Crippen molar-refractivity contribution in [2.45, 2.75) is 59.4 Å². The summed E-state index contributed by atoms with van der Waals surface area (Å²) in [7, 11) is 0. The molecule has 2 unspecified atom stereocenters. The Kier molecular flexibility index (Phi) is 6.03. The molecule has 0 spiro atoms. The Morgan fingerprint density at radius 2 is 2.22 bits per heavy atom. The number of carbonyl (C=O) groups is 1. The number of nitrogens with zero attached hydrogens (tertiary/aromatic N) is 2. The van der Waals surface area contributed by atoms with E-state index < -0.39 is 0 Å². The Hall–Kier alpha value is -1.58. The van der Waals surface area contributed by atoms with Crippen molar-refractivity contribution in [2.75, 3.05) is 18.4 Å². The molecule has 0 bridgehead atoms. The topological polar surface area (TPSA) is 45.2 Å². The summed E-state index contributed by atoms with van der Waals surface area (Å²) in [4.78, 5) is 19.0. The van der Waals surface area contributed by atoms with Gasteiger partial charge in [-0.15, -0.1) is 0 Å². The third kappa shape index (κ3) is 5.85. The number of likely N-dealkylation sites (tertiary alicyclic amines) is 1. The third-order valence-corrected chi connectivity index (χ3v) is 4.37. The summed E-state index contributed by atoms with van der Waals surface area (Å²) < 4.78 is 0.